The number of aryl methyl sites for hydroxylation is 1. The van der Waals surface area contributed by atoms with E-state index in [1.807, 2.05) is 34.6 Å². The first kappa shape index (κ1) is 20.5. The first-order chi connectivity index (χ1) is 15.6. The van der Waals surface area contributed by atoms with Crippen LogP contribution in [0.2, 0.25) is 0 Å². The molecular formula is C27H32N2O2S. The molecule has 3 aliphatic rings. The van der Waals surface area contributed by atoms with Crippen LogP contribution in [0.25, 0.3) is 10.9 Å². The van der Waals surface area contributed by atoms with Crippen LogP contribution in [-0.2, 0) is 28.7 Å². The lowest BCUT2D eigenvalue weighted by Gasteiger charge is -2.39. The second-order valence-electron chi connectivity index (χ2n) is 9.89. The van der Waals surface area contributed by atoms with Gasteiger partial charge in [-0.15, -0.1) is 0 Å². The first-order valence-electron chi connectivity index (χ1n) is 12.3. The Morgan fingerprint density at radius 1 is 0.875 bits per heavy atom. The summed E-state index contributed by atoms with van der Waals surface area (Å²) >= 11 is 0. The normalized spacial score (nSPS) is 22.2. The molecule has 1 aromatic heterocycles. The van der Waals surface area contributed by atoms with Crippen molar-refractivity contribution in [1.29, 1.82) is 0 Å². The van der Waals surface area contributed by atoms with Crippen molar-refractivity contribution in [2.24, 2.45) is 0 Å². The van der Waals surface area contributed by atoms with Gasteiger partial charge in [0.1, 0.15) is 0 Å². The van der Waals surface area contributed by atoms with E-state index in [0.717, 1.165) is 31.4 Å². The highest BCUT2D eigenvalue weighted by Crippen LogP contribution is 2.45. The summed E-state index contributed by atoms with van der Waals surface area (Å²) in [5.41, 5.74) is 6.35. The molecule has 2 aliphatic carbocycles. The van der Waals surface area contributed by atoms with Gasteiger partial charge < -0.3 is 4.57 Å². The summed E-state index contributed by atoms with van der Waals surface area (Å²) in [7, 11) is -3.37. The van der Waals surface area contributed by atoms with E-state index < -0.39 is 10.0 Å². The van der Waals surface area contributed by atoms with Crippen LogP contribution in [0.15, 0.2) is 48.5 Å². The van der Waals surface area contributed by atoms with Crippen molar-refractivity contribution < 1.29 is 8.42 Å². The molecule has 5 heteroatoms. The predicted molar refractivity (Wildman–Crippen MR) is 129 cm³/mol. The molecule has 0 unspecified atom stereocenters. The molecule has 0 N–H and O–H groups in total. The molecule has 32 heavy (non-hydrogen) atoms. The molecule has 0 spiro atoms. The molecule has 0 saturated heterocycles. The highest BCUT2D eigenvalue weighted by Gasteiger charge is 2.40. The number of nitrogens with zero attached hydrogens (tertiary/aromatic N) is 2. The van der Waals surface area contributed by atoms with Crippen LogP contribution in [0.1, 0.15) is 79.3 Å². The molecule has 2 heterocycles. The van der Waals surface area contributed by atoms with E-state index in [2.05, 4.69) is 22.8 Å². The third kappa shape index (κ3) is 3.41. The van der Waals surface area contributed by atoms with Crippen LogP contribution in [-0.4, -0.2) is 23.8 Å². The van der Waals surface area contributed by atoms with Crippen molar-refractivity contribution in [1.82, 2.24) is 8.87 Å². The Morgan fingerprint density at radius 2 is 1.69 bits per heavy atom. The Hall–Kier alpha value is -2.11. The van der Waals surface area contributed by atoms with E-state index in [-0.39, 0.29) is 11.8 Å². The molecular weight excluding hydrogens is 416 g/mol. The molecule has 6 rings (SSSR count). The van der Waals surface area contributed by atoms with Crippen LogP contribution in [0.3, 0.4) is 0 Å². The van der Waals surface area contributed by atoms with Gasteiger partial charge in [-0.25, -0.2) is 8.42 Å². The SMILES string of the molecule is O=S(=O)(Cc1ccccc1)N1CCn2c3c(c4cc(C5CCCCC5)ccc42)CCC[C@@H]31. The minimum atomic E-state index is -3.37. The summed E-state index contributed by atoms with van der Waals surface area (Å²) in [6.45, 7) is 1.32. The quantitative estimate of drug-likeness (QED) is 0.498. The fraction of sp³-hybridized carbons (Fsp3) is 0.481. The van der Waals surface area contributed by atoms with Gasteiger partial charge in [0.25, 0.3) is 0 Å². The van der Waals surface area contributed by atoms with Gasteiger partial charge in [0.15, 0.2) is 0 Å². The fourth-order valence-corrected chi connectivity index (χ4v) is 8.21. The van der Waals surface area contributed by atoms with Crippen molar-refractivity contribution in [2.45, 2.75) is 75.6 Å². The summed E-state index contributed by atoms with van der Waals surface area (Å²) in [6.07, 6.45) is 9.73. The molecule has 1 aliphatic heterocycles. The van der Waals surface area contributed by atoms with Gasteiger partial charge in [-0.2, -0.15) is 4.31 Å². The lowest BCUT2D eigenvalue weighted by molar-refractivity contribution is 0.243. The molecule has 0 bridgehead atoms. The smallest absolute Gasteiger partial charge is 0.218 e. The summed E-state index contributed by atoms with van der Waals surface area (Å²) in [4.78, 5) is 0. The van der Waals surface area contributed by atoms with Gasteiger partial charge >= 0.3 is 0 Å². The Kier molecular flexibility index (Phi) is 5.14. The highest BCUT2D eigenvalue weighted by atomic mass is 32.2. The molecule has 168 valence electrons. The van der Waals surface area contributed by atoms with Crippen LogP contribution >= 0.6 is 0 Å². The minimum Gasteiger partial charge on any atom is -0.341 e. The summed E-state index contributed by atoms with van der Waals surface area (Å²) < 4.78 is 31.2. The standard InChI is InChI=1S/C27H32N2O2S/c30-32(31,19-20-8-3-1-4-9-20)29-17-16-28-25-15-14-22(21-10-5-2-6-11-21)18-24(25)23-12-7-13-26(29)27(23)28/h1,3-4,8-9,14-15,18,21,26H,2,5-7,10-13,16-17,19H2/t26-/m0/s1. The van der Waals surface area contributed by atoms with Crippen LogP contribution < -0.4 is 0 Å². The molecule has 0 radical (unpaired) electrons. The highest BCUT2D eigenvalue weighted by molar-refractivity contribution is 7.88. The van der Waals surface area contributed by atoms with Gasteiger partial charge in [0, 0.05) is 29.7 Å². The second kappa shape index (κ2) is 8.03. The fourth-order valence-electron chi connectivity index (χ4n) is 6.48. The third-order valence-corrected chi connectivity index (χ3v) is 9.82. The molecule has 1 atom stereocenters. The van der Waals surface area contributed by atoms with Crippen LogP contribution in [0.5, 0.6) is 0 Å². The third-order valence-electron chi connectivity index (χ3n) is 7.97. The largest absolute Gasteiger partial charge is 0.341 e. The zero-order valence-electron chi connectivity index (χ0n) is 18.7. The monoisotopic (exact) mass is 448 g/mol. The maximum Gasteiger partial charge on any atom is 0.218 e. The van der Waals surface area contributed by atoms with Crippen molar-refractivity contribution >= 4 is 20.9 Å². The zero-order valence-corrected chi connectivity index (χ0v) is 19.5. The van der Waals surface area contributed by atoms with Crippen molar-refractivity contribution in [3.05, 3.63) is 70.9 Å². The van der Waals surface area contributed by atoms with Crippen molar-refractivity contribution in [3.63, 3.8) is 0 Å². The Morgan fingerprint density at radius 3 is 2.50 bits per heavy atom. The number of sulfonamides is 1. The first-order valence-corrected chi connectivity index (χ1v) is 13.9. The van der Waals surface area contributed by atoms with Gasteiger partial charge in [0.05, 0.1) is 11.8 Å². The van der Waals surface area contributed by atoms with Gasteiger partial charge in [-0.1, -0.05) is 55.7 Å². The average molecular weight is 449 g/mol. The Balaban J connectivity index is 1.39. The maximum absolute atomic E-state index is 13.5. The van der Waals surface area contributed by atoms with Crippen LogP contribution in [0, 0.1) is 0 Å². The summed E-state index contributed by atoms with van der Waals surface area (Å²) in [5.74, 6) is 0.783. The lowest BCUT2D eigenvalue weighted by Crippen LogP contribution is -2.43. The predicted octanol–water partition coefficient (Wildman–Crippen LogP) is 5.91. The van der Waals surface area contributed by atoms with Gasteiger partial charge in [0.2, 0.25) is 10.0 Å². The number of hydrogen-bond acceptors (Lipinski definition) is 2. The number of benzene rings is 2. The van der Waals surface area contributed by atoms with Gasteiger partial charge in [-0.3, -0.25) is 0 Å². The average Bonchev–Trinajstić information content (AvgIpc) is 3.15. The minimum absolute atomic E-state index is 0.0215. The maximum atomic E-state index is 13.5. The van der Waals surface area contributed by atoms with E-state index in [4.69, 9.17) is 0 Å². The number of rotatable bonds is 4. The lowest BCUT2D eigenvalue weighted by atomic mass is 9.83. The molecule has 4 nitrogen and oxygen atoms in total. The van der Waals surface area contributed by atoms with E-state index >= 15 is 0 Å². The number of fused-ring (bicyclic) bond motifs is 3. The summed E-state index contributed by atoms with van der Waals surface area (Å²) in [5, 5.41) is 1.38. The van der Waals surface area contributed by atoms with Crippen LogP contribution in [0.4, 0.5) is 0 Å². The van der Waals surface area contributed by atoms with E-state index in [1.54, 1.807) is 0 Å². The number of aromatic nitrogens is 1. The molecule has 2 aromatic carbocycles. The summed E-state index contributed by atoms with van der Waals surface area (Å²) in [6, 6.07) is 16.7. The zero-order chi connectivity index (χ0) is 21.7. The molecule has 0 amide bonds. The van der Waals surface area contributed by atoms with Gasteiger partial charge in [-0.05, 0) is 66.8 Å². The van der Waals surface area contributed by atoms with E-state index in [9.17, 15) is 8.42 Å². The Labute approximate surface area is 191 Å². The van der Waals surface area contributed by atoms with E-state index in [1.165, 1.54) is 59.8 Å². The molecule has 1 fully saturated rings. The molecule has 3 aromatic rings. The number of hydrogen-bond donors (Lipinski definition) is 0. The van der Waals surface area contributed by atoms with Crippen molar-refractivity contribution in [2.75, 3.05) is 6.54 Å². The molecule has 1 saturated carbocycles. The second-order valence-corrected chi connectivity index (χ2v) is 11.8. The Bertz CT molecular complexity index is 1240. The van der Waals surface area contributed by atoms with Crippen molar-refractivity contribution in [3.8, 4) is 0 Å². The topological polar surface area (TPSA) is 42.3 Å². The van der Waals surface area contributed by atoms with E-state index in [0.29, 0.717) is 12.5 Å².